The molecule has 2 amide bonds. The molecule has 4 atom stereocenters. The zero-order valence-electron chi connectivity index (χ0n) is 18.0. The molecular formula is C23H27N7O2. The van der Waals surface area contributed by atoms with Crippen molar-refractivity contribution in [1.82, 2.24) is 30.7 Å². The zero-order chi connectivity index (χ0) is 22.1. The number of hydrogen-bond acceptors (Lipinski definition) is 5. The molecule has 1 saturated carbocycles. The minimum Gasteiger partial charge on any atom is -0.357 e. The first-order valence-corrected chi connectivity index (χ1v) is 11.2. The predicted molar refractivity (Wildman–Crippen MR) is 119 cm³/mol. The molecule has 1 saturated heterocycles. The van der Waals surface area contributed by atoms with E-state index in [-0.39, 0.29) is 35.5 Å². The number of aromatic nitrogens is 3. The van der Waals surface area contributed by atoms with Gasteiger partial charge in [0, 0.05) is 25.2 Å². The van der Waals surface area contributed by atoms with Crippen LogP contribution in [0.5, 0.6) is 0 Å². The molecule has 2 aromatic rings. The van der Waals surface area contributed by atoms with Gasteiger partial charge in [0.05, 0.1) is 18.4 Å². The van der Waals surface area contributed by atoms with Crippen LogP contribution >= 0.6 is 0 Å². The molecule has 1 aromatic heterocycles. The first-order valence-electron chi connectivity index (χ1n) is 11.2. The van der Waals surface area contributed by atoms with Crippen molar-refractivity contribution in [1.29, 1.82) is 0 Å². The molecule has 4 unspecified atom stereocenters. The Hall–Kier alpha value is -3.49. The van der Waals surface area contributed by atoms with Crippen molar-refractivity contribution in [2.75, 3.05) is 19.6 Å². The van der Waals surface area contributed by atoms with Gasteiger partial charge in [-0.1, -0.05) is 30.4 Å². The van der Waals surface area contributed by atoms with Gasteiger partial charge in [-0.2, -0.15) is 5.10 Å². The number of nitrogens with one attached hydrogen (secondary N) is 3. The van der Waals surface area contributed by atoms with Crippen LogP contribution in [0.1, 0.15) is 18.9 Å². The summed E-state index contributed by atoms with van der Waals surface area (Å²) in [6, 6.07) is 7.97. The first kappa shape index (κ1) is 20.4. The van der Waals surface area contributed by atoms with Crippen LogP contribution in [-0.2, 0) is 16.1 Å². The number of aromatic amines is 1. The SMILES string of the molecule is CCNC(=NCc1cccc(-c2ncn[nH]2)c1)NCCN1C(=O)C2C3C=CC(C3)C2C1=O. The van der Waals surface area contributed by atoms with Gasteiger partial charge in [-0.25, -0.2) is 9.98 Å². The molecule has 2 heterocycles. The highest BCUT2D eigenvalue weighted by molar-refractivity contribution is 6.06. The van der Waals surface area contributed by atoms with Crippen molar-refractivity contribution in [2.45, 2.75) is 19.9 Å². The van der Waals surface area contributed by atoms with Crippen LogP contribution in [0.4, 0.5) is 0 Å². The number of H-pyrrole nitrogens is 1. The minimum absolute atomic E-state index is 0.00943. The third kappa shape index (κ3) is 3.68. The standard InChI is InChI=1S/C23H27N7O2/c1-2-24-23(26-12-14-4-3-5-17(10-14)20-27-13-28-29-20)25-8-9-30-21(31)18-15-6-7-16(11-15)19(18)22(30)32/h3-7,10,13,15-16,18-19H,2,8-9,11-12H2,1H3,(H2,24,25,26)(H,27,28,29). The van der Waals surface area contributed by atoms with Crippen molar-refractivity contribution in [3.8, 4) is 11.4 Å². The van der Waals surface area contributed by atoms with Crippen LogP contribution in [-0.4, -0.2) is 57.5 Å². The van der Waals surface area contributed by atoms with Crippen molar-refractivity contribution < 1.29 is 9.59 Å². The van der Waals surface area contributed by atoms with Gasteiger partial charge >= 0.3 is 0 Å². The van der Waals surface area contributed by atoms with Crippen molar-refractivity contribution in [3.63, 3.8) is 0 Å². The van der Waals surface area contributed by atoms with Gasteiger partial charge in [0.15, 0.2) is 11.8 Å². The molecule has 3 N–H and O–H groups in total. The number of carbonyl (C=O) groups is 2. The Balaban J connectivity index is 1.19. The number of guanidine groups is 1. The van der Waals surface area contributed by atoms with E-state index in [1.165, 1.54) is 11.2 Å². The average Bonchev–Trinajstić information content (AvgIpc) is 3.59. The summed E-state index contributed by atoms with van der Waals surface area (Å²) in [6.07, 6.45) is 6.67. The molecule has 1 aliphatic heterocycles. The highest BCUT2D eigenvalue weighted by Crippen LogP contribution is 2.52. The number of fused-ring (bicyclic) bond motifs is 5. The van der Waals surface area contributed by atoms with Gasteiger partial charge in [-0.15, -0.1) is 0 Å². The summed E-state index contributed by atoms with van der Waals surface area (Å²) >= 11 is 0. The van der Waals surface area contributed by atoms with Gasteiger partial charge < -0.3 is 10.6 Å². The number of aliphatic imine (C=N–C) groups is 1. The maximum atomic E-state index is 12.8. The molecule has 32 heavy (non-hydrogen) atoms. The summed E-state index contributed by atoms with van der Waals surface area (Å²) in [6.45, 7) is 4.01. The molecule has 5 rings (SSSR count). The lowest BCUT2D eigenvalue weighted by Gasteiger charge is -2.18. The van der Waals surface area contributed by atoms with Crippen molar-refractivity contribution in [2.24, 2.45) is 28.7 Å². The second kappa shape index (κ2) is 8.57. The fourth-order valence-corrected chi connectivity index (χ4v) is 5.14. The maximum Gasteiger partial charge on any atom is 0.233 e. The van der Waals surface area contributed by atoms with Crippen LogP contribution in [0.3, 0.4) is 0 Å². The van der Waals surface area contributed by atoms with Crippen LogP contribution in [0.2, 0.25) is 0 Å². The third-order valence-corrected chi connectivity index (χ3v) is 6.57. The lowest BCUT2D eigenvalue weighted by molar-refractivity contribution is -0.140. The Morgan fingerprint density at radius 3 is 2.66 bits per heavy atom. The van der Waals surface area contributed by atoms with Crippen LogP contribution in [0, 0.1) is 23.7 Å². The Kier molecular flexibility index (Phi) is 5.46. The predicted octanol–water partition coefficient (Wildman–Crippen LogP) is 1.33. The lowest BCUT2D eigenvalue weighted by Crippen LogP contribution is -2.43. The zero-order valence-corrected chi connectivity index (χ0v) is 18.0. The van der Waals surface area contributed by atoms with Gasteiger partial charge in [-0.05, 0) is 36.8 Å². The first-order chi connectivity index (χ1) is 15.7. The van der Waals surface area contributed by atoms with Crippen LogP contribution in [0.25, 0.3) is 11.4 Å². The number of rotatable bonds is 7. The summed E-state index contributed by atoms with van der Waals surface area (Å²) in [7, 11) is 0. The number of amides is 2. The van der Waals surface area contributed by atoms with E-state index in [9.17, 15) is 9.59 Å². The normalized spacial score (nSPS) is 26.2. The van der Waals surface area contributed by atoms with Crippen LogP contribution < -0.4 is 10.6 Å². The highest BCUT2D eigenvalue weighted by Gasteiger charge is 2.58. The Morgan fingerprint density at radius 1 is 1.19 bits per heavy atom. The molecule has 1 aromatic carbocycles. The minimum atomic E-state index is -0.143. The van der Waals surface area contributed by atoms with E-state index in [1.807, 2.05) is 31.2 Å². The fraction of sp³-hybridized carbons (Fsp3) is 0.435. The monoisotopic (exact) mass is 433 g/mol. The van der Waals surface area contributed by atoms with E-state index < -0.39 is 0 Å². The van der Waals surface area contributed by atoms with Crippen molar-refractivity contribution >= 4 is 17.8 Å². The van der Waals surface area contributed by atoms with Gasteiger partial charge in [0.1, 0.15) is 6.33 Å². The second-order valence-corrected chi connectivity index (χ2v) is 8.48. The molecule has 2 bridgehead atoms. The van der Waals surface area contributed by atoms with Gasteiger partial charge in [0.25, 0.3) is 0 Å². The molecule has 166 valence electrons. The van der Waals surface area contributed by atoms with Crippen molar-refractivity contribution in [3.05, 3.63) is 48.3 Å². The summed E-state index contributed by atoms with van der Waals surface area (Å²) in [4.78, 5) is 35.9. The second-order valence-electron chi connectivity index (χ2n) is 8.48. The lowest BCUT2D eigenvalue weighted by atomic mass is 9.85. The summed E-state index contributed by atoms with van der Waals surface area (Å²) in [5.41, 5.74) is 1.99. The Labute approximate surface area is 186 Å². The quantitative estimate of drug-likeness (QED) is 0.263. The number of likely N-dealkylation sites (tertiary alicyclic amines) is 1. The van der Waals surface area contributed by atoms with Crippen LogP contribution in [0.15, 0.2) is 47.7 Å². The number of allylic oxidation sites excluding steroid dienone is 2. The molecule has 9 heteroatoms. The summed E-state index contributed by atoms with van der Waals surface area (Å²) < 4.78 is 0. The molecule has 0 spiro atoms. The largest absolute Gasteiger partial charge is 0.357 e. The number of hydrogen-bond donors (Lipinski definition) is 3. The molecule has 2 aliphatic carbocycles. The Bertz CT molecular complexity index is 1030. The number of carbonyl (C=O) groups excluding carboxylic acids is 2. The molecule has 2 fully saturated rings. The van der Waals surface area contributed by atoms with E-state index in [0.717, 1.165) is 17.5 Å². The van der Waals surface area contributed by atoms with E-state index in [0.29, 0.717) is 38.0 Å². The van der Waals surface area contributed by atoms with E-state index in [2.05, 4.69) is 43.0 Å². The van der Waals surface area contributed by atoms with E-state index in [4.69, 9.17) is 0 Å². The van der Waals surface area contributed by atoms with E-state index >= 15 is 0 Å². The number of imide groups is 1. The third-order valence-electron chi connectivity index (χ3n) is 6.57. The average molecular weight is 434 g/mol. The van der Waals surface area contributed by atoms with Gasteiger partial charge in [-0.3, -0.25) is 19.6 Å². The smallest absolute Gasteiger partial charge is 0.233 e. The van der Waals surface area contributed by atoms with E-state index in [1.54, 1.807) is 0 Å². The fourth-order valence-electron chi connectivity index (χ4n) is 5.14. The Morgan fingerprint density at radius 2 is 1.97 bits per heavy atom. The molecule has 9 nitrogen and oxygen atoms in total. The summed E-state index contributed by atoms with van der Waals surface area (Å²) in [5.74, 6) is 1.55. The summed E-state index contributed by atoms with van der Waals surface area (Å²) in [5, 5.41) is 13.2. The highest BCUT2D eigenvalue weighted by atomic mass is 16.2. The molecule has 0 radical (unpaired) electrons. The molecule has 3 aliphatic rings. The molecular weight excluding hydrogens is 406 g/mol. The topological polar surface area (TPSA) is 115 Å². The maximum absolute atomic E-state index is 12.8. The number of benzene rings is 1. The van der Waals surface area contributed by atoms with Gasteiger partial charge in [0.2, 0.25) is 11.8 Å². The number of nitrogens with zero attached hydrogens (tertiary/aromatic N) is 4.